The molecule has 1 saturated heterocycles. The molecule has 2 aromatic rings. The lowest BCUT2D eigenvalue weighted by Gasteiger charge is -2.19. The average Bonchev–Trinajstić information content (AvgIpc) is 2.79. The lowest BCUT2D eigenvalue weighted by molar-refractivity contribution is -0.128. The average molecular weight is 400 g/mol. The van der Waals surface area contributed by atoms with Crippen molar-refractivity contribution in [2.24, 2.45) is 0 Å². The van der Waals surface area contributed by atoms with Gasteiger partial charge in [-0.25, -0.2) is 4.68 Å². The van der Waals surface area contributed by atoms with Crippen LogP contribution in [0.4, 0.5) is 0 Å². The van der Waals surface area contributed by atoms with E-state index in [9.17, 15) is 4.79 Å². The minimum absolute atomic E-state index is 0.112. The van der Waals surface area contributed by atoms with E-state index >= 15 is 0 Å². The predicted molar refractivity (Wildman–Crippen MR) is 101 cm³/mol. The number of carbonyl (C=O) groups is 1. The first-order valence-electron chi connectivity index (χ1n) is 8.13. The van der Waals surface area contributed by atoms with E-state index in [1.54, 1.807) is 18.2 Å². The van der Waals surface area contributed by atoms with Crippen molar-refractivity contribution in [3.8, 4) is 11.4 Å². The number of carbonyl (C=O) groups excluding carboxylic acids is 1. The maximum atomic E-state index is 12.4. The summed E-state index contributed by atoms with van der Waals surface area (Å²) in [4.78, 5) is 14.3. The molecule has 0 saturated carbocycles. The molecule has 0 spiro atoms. The molecule has 2 N–H and O–H groups in total. The Hall–Kier alpha value is -1.44. The van der Waals surface area contributed by atoms with Crippen LogP contribution in [0.2, 0.25) is 10.0 Å². The molecule has 0 unspecified atom stereocenters. The Morgan fingerprint density at radius 2 is 1.88 bits per heavy atom. The van der Waals surface area contributed by atoms with Crippen LogP contribution in [0.1, 0.15) is 25.7 Å². The Balaban J connectivity index is 1.68. The fourth-order valence-electron chi connectivity index (χ4n) is 2.77. The van der Waals surface area contributed by atoms with Crippen LogP contribution < -0.4 is 5.84 Å². The first kappa shape index (κ1) is 18.4. The summed E-state index contributed by atoms with van der Waals surface area (Å²) < 4.78 is 1.36. The normalized spacial score (nSPS) is 15.2. The quantitative estimate of drug-likeness (QED) is 0.628. The molecule has 2 heterocycles. The second-order valence-electron chi connectivity index (χ2n) is 5.88. The molecule has 0 bridgehead atoms. The van der Waals surface area contributed by atoms with Crippen molar-refractivity contribution in [3.05, 3.63) is 28.2 Å². The number of hydrogen-bond donors (Lipinski definition) is 1. The first-order chi connectivity index (χ1) is 12.1. The van der Waals surface area contributed by atoms with Crippen molar-refractivity contribution in [1.82, 2.24) is 19.8 Å². The molecule has 0 radical (unpaired) electrons. The van der Waals surface area contributed by atoms with Gasteiger partial charge in [0.05, 0.1) is 10.8 Å². The van der Waals surface area contributed by atoms with E-state index in [-0.39, 0.29) is 5.91 Å². The van der Waals surface area contributed by atoms with E-state index in [1.165, 1.54) is 29.3 Å². The summed E-state index contributed by atoms with van der Waals surface area (Å²) in [5.41, 5.74) is 0.645. The fourth-order valence-corrected chi connectivity index (χ4v) is 4.02. The largest absolute Gasteiger partial charge is 0.342 e. The van der Waals surface area contributed by atoms with Gasteiger partial charge in [0.15, 0.2) is 5.82 Å². The fraction of sp³-hybridized carbons (Fsp3) is 0.438. The number of thioether (sulfide) groups is 1. The van der Waals surface area contributed by atoms with E-state index in [2.05, 4.69) is 10.2 Å². The van der Waals surface area contributed by atoms with Crippen LogP contribution in [-0.2, 0) is 4.79 Å². The summed E-state index contributed by atoms with van der Waals surface area (Å²) in [6.07, 6.45) is 4.53. The number of nitrogens with two attached hydrogens (primary N) is 1. The highest BCUT2D eigenvalue weighted by molar-refractivity contribution is 7.99. The molecule has 1 aromatic heterocycles. The first-order valence-corrected chi connectivity index (χ1v) is 9.87. The van der Waals surface area contributed by atoms with E-state index in [4.69, 9.17) is 29.0 Å². The molecule has 0 aliphatic carbocycles. The standard InChI is InChI=1S/C16H19Cl2N5OS/c17-11-5-6-12(13(18)9-11)15-20-21-16(23(15)19)25-10-14(24)22-7-3-1-2-4-8-22/h5-6,9H,1-4,7-8,10,19H2. The number of nitrogen functional groups attached to an aromatic ring is 1. The van der Waals surface area contributed by atoms with Crippen LogP contribution in [-0.4, -0.2) is 44.5 Å². The molecule has 1 amide bonds. The number of rotatable bonds is 4. The number of aromatic nitrogens is 3. The molecule has 6 nitrogen and oxygen atoms in total. The van der Waals surface area contributed by atoms with Crippen molar-refractivity contribution < 1.29 is 4.79 Å². The summed E-state index contributed by atoms with van der Waals surface area (Å²) >= 11 is 13.4. The summed E-state index contributed by atoms with van der Waals surface area (Å²) in [6, 6.07) is 5.09. The maximum Gasteiger partial charge on any atom is 0.233 e. The molecule has 1 aliphatic rings. The molecule has 1 aromatic carbocycles. The number of amides is 1. The number of likely N-dealkylation sites (tertiary alicyclic amines) is 1. The van der Waals surface area contributed by atoms with E-state index < -0.39 is 0 Å². The van der Waals surface area contributed by atoms with Crippen molar-refractivity contribution >= 4 is 40.9 Å². The third-order valence-corrected chi connectivity index (χ3v) is 5.60. The zero-order valence-corrected chi connectivity index (χ0v) is 15.9. The van der Waals surface area contributed by atoms with Gasteiger partial charge in [-0.2, -0.15) is 0 Å². The molecule has 1 fully saturated rings. The molecule has 134 valence electrons. The van der Waals surface area contributed by atoms with Gasteiger partial charge in [0.1, 0.15) is 0 Å². The predicted octanol–water partition coefficient (Wildman–Crippen LogP) is 3.46. The van der Waals surface area contributed by atoms with E-state index in [0.717, 1.165) is 25.9 Å². The van der Waals surface area contributed by atoms with E-state index in [0.29, 0.717) is 32.3 Å². The number of benzene rings is 1. The molecule has 25 heavy (non-hydrogen) atoms. The lowest BCUT2D eigenvalue weighted by atomic mass is 10.2. The summed E-state index contributed by atoms with van der Waals surface area (Å²) in [6.45, 7) is 1.67. The number of hydrogen-bond acceptors (Lipinski definition) is 5. The highest BCUT2D eigenvalue weighted by atomic mass is 35.5. The minimum Gasteiger partial charge on any atom is -0.342 e. The Labute approximate surface area is 160 Å². The van der Waals surface area contributed by atoms with E-state index in [1.807, 2.05) is 4.90 Å². The van der Waals surface area contributed by atoms with Crippen LogP contribution in [0.25, 0.3) is 11.4 Å². The van der Waals surface area contributed by atoms with Crippen LogP contribution in [0, 0.1) is 0 Å². The third kappa shape index (κ3) is 4.40. The second kappa shape index (κ2) is 8.29. The zero-order valence-electron chi connectivity index (χ0n) is 13.6. The molecule has 1 aliphatic heterocycles. The van der Waals surface area contributed by atoms with Gasteiger partial charge in [-0.1, -0.05) is 47.8 Å². The van der Waals surface area contributed by atoms with Gasteiger partial charge in [-0.15, -0.1) is 10.2 Å². The molecule has 3 rings (SSSR count). The maximum absolute atomic E-state index is 12.4. The lowest BCUT2D eigenvalue weighted by Crippen LogP contribution is -2.33. The van der Waals surface area contributed by atoms with Gasteiger partial charge >= 0.3 is 0 Å². The Morgan fingerprint density at radius 1 is 1.16 bits per heavy atom. The van der Waals surface area contributed by atoms with Gasteiger partial charge in [0.2, 0.25) is 11.1 Å². The molecule has 9 heteroatoms. The van der Waals surface area contributed by atoms with Crippen LogP contribution in [0.3, 0.4) is 0 Å². The van der Waals surface area contributed by atoms with Gasteiger partial charge in [0.25, 0.3) is 0 Å². The van der Waals surface area contributed by atoms with Crippen molar-refractivity contribution in [3.63, 3.8) is 0 Å². The van der Waals surface area contributed by atoms with Crippen LogP contribution in [0.15, 0.2) is 23.4 Å². The van der Waals surface area contributed by atoms with Gasteiger partial charge in [0, 0.05) is 23.7 Å². The molecule has 0 atom stereocenters. The Morgan fingerprint density at radius 3 is 2.56 bits per heavy atom. The third-order valence-electron chi connectivity index (χ3n) is 4.12. The summed E-state index contributed by atoms with van der Waals surface area (Å²) in [5, 5.41) is 9.64. The van der Waals surface area contributed by atoms with Crippen molar-refractivity contribution in [2.75, 3.05) is 24.7 Å². The van der Waals surface area contributed by atoms with Gasteiger partial charge in [-0.05, 0) is 31.0 Å². The van der Waals surface area contributed by atoms with Crippen LogP contribution >= 0.6 is 35.0 Å². The second-order valence-corrected chi connectivity index (χ2v) is 7.67. The Kier molecular flexibility index (Phi) is 6.09. The Bertz CT molecular complexity index is 759. The number of halogens is 2. The highest BCUT2D eigenvalue weighted by Gasteiger charge is 2.19. The number of nitrogens with zero attached hydrogens (tertiary/aromatic N) is 4. The SMILES string of the molecule is Nn1c(SCC(=O)N2CCCCCC2)nnc1-c1ccc(Cl)cc1Cl. The minimum atomic E-state index is 0.112. The monoisotopic (exact) mass is 399 g/mol. The van der Waals surface area contributed by atoms with Gasteiger partial charge in [-0.3, -0.25) is 4.79 Å². The topological polar surface area (TPSA) is 77.0 Å². The van der Waals surface area contributed by atoms with Crippen LogP contribution in [0.5, 0.6) is 0 Å². The van der Waals surface area contributed by atoms with Gasteiger partial charge < -0.3 is 10.7 Å². The molecular formula is C16H19Cl2N5OS. The summed E-state index contributed by atoms with van der Waals surface area (Å²) in [5.74, 6) is 6.93. The zero-order chi connectivity index (χ0) is 17.8. The molecular weight excluding hydrogens is 381 g/mol. The van der Waals surface area contributed by atoms with Crippen molar-refractivity contribution in [2.45, 2.75) is 30.8 Å². The summed E-state index contributed by atoms with van der Waals surface area (Å²) in [7, 11) is 0. The highest BCUT2D eigenvalue weighted by Crippen LogP contribution is 2.30. The van der Waals surface area contributed by atoms with Crippen molar-refractivity contribution in [1.29, 1.82) is 0 Å². The smallest absolute Gasteiger partial charge is 0.233 e.